The fraction of sp³-hybridized carbons (Fsp3) is 0.429. The number of ketones is 1. The zero-order valence-corrected chi connectivity index (χ0v) is 9.94. The number of ether oxygens (including phenoxy) is 1. The van der Waals surface area contributed by atoms with Gasteiger partial charge in [0.15, 0.2) is 11.9 Å². The van der Waals surface area contributed by atoms with Gasteiger partial charge in [-0.15, -0.1) is 0 Å². The number of aryl methyl sites for hydroxylation is 1. The van der Waals surface area contributed by atoms with Crippen LogP contribution in [0.3, 0.4) is 0 Å². The molecule has 0 bridgehead atoms. The van der Waals surface area contributed by atoms with Crippen LogP contribution in [0.2, 0.25) is 0 Å². The van der Waals surface area contributed by atoms with Gasteiger partial charge in [-0.05, 0) is 38.3 Å². The van der Waals surface area contributed by atoms with Gasteiger partial charge in [0, 0.05) is 6.42 Å². The summed E-state index contributed by atoms with van der Waals surface area (Å²) in [4.78, 5) is 23.4. The van der Waals surface area contributed by atoms with E-state index in [9.17, 15) is 9.59 Å². The Kier molecular flexibility index (Phi) is 3.57. The molecule has 1 fully saturated rings. The van der Waals surface area contributed by atoms with Crippen molar-refractivity contribution >= 4 is 11.8 Å². The molecule has 1 aromatic rings. The molecule has 1 aromatic carbocycles. The molecule has 0 aliphatic heterocycles. The Morgan fingerprint density at radius 1 is 1.35 bits per heavy atom. The Balaban J connectivity index is 2.03. The molecule has 0 heterocycles. The highest BCUT2D eigenvalue weighted by atomic mass is 16.5. The van der Waals surface area contributed by atoms with Gasteiger partial charge in [0.25, 0.3) is 0 Å². The lowest BCUT2D eigenvalue weighted by atomic mass is 9.96. The first-order valence-corrected chi connectivity index (χ1v) is 5.97. The van der Waals surface area contributed by atoms with Crippen LogP contribution in [0.4, 0.5) is 0 Å². The van der Waals surface area contributed by atoms with Crippen molar-refractivity contribution in [1.82, 2.24) is 0 Å². The Labute approximate surface area is 101 Å². The van der Waals surface area contributed by atoms with E-state index < -0.39 is 12.1 Å². The SMILES string of the molecule is Cc1cccc(C(=O)O[C@@H]2CCCCC2=O)c1. The van der Waals surface area contributed by atoms with Crippen molar-refractivity contribution in [3.05, 3.63) is 35.4 Å². The lowest BCUT2D eigenvalue weighted by Gasteiger charge is -2.20. The summed E-state index contributed by atoms with van der Waals surface area (Å²) in [6.07, 6.45) is 2.54. The van der Waals surface area contributed by atoms with Crippen molar-refractivity contribution in [2.75, 3.05) is 0 Å². The topological polar surface area (TPSA) is 43.4 Å². The molecule has 90 valence electrons. The molecule has 17 heavy (non-hydrogen) atoms. The summed E-state index contributed by atoms with van der Waals surface area (Å²) in [6.45, 7) is 1.92. The third-order valence-corrected chi connectivity index (χ3v) is 3.00. The van der Waals surface area contributed by atoms with Gasteiger partial charge in [-0.3, -0.25) is 4.79 Å². The second kappa shape index (κ2) is 5.13. The van der Waals surface area contributed by atoms with Gasteiger partial charge < -0.3 is 4.74 Å². The largest absolute Gasteiger partial charge is 0.451 e. The molecule has 3 nitrogen and oxygen atoms in total. The lowest BCUT2D eigenvalue weighted by Crippen LogP contribution is -2.30. The summed E-state index contributed by atoms with van der Waals surface area (Å²) in [5, 5.41) is 0. The Bertz CT molecular complexity index is 437. The highest BCUT2D eigenvalue weighted by Gasteiger charge is 2.26. The van der Waals surface area contributed by atoms with Crippen LogP contribution in [0.5, 0.6) is 0 Å². The third-order valence-electron chi connectivity index (χ3n) is 3.00. The van der Waals surface area contributed by atoms with Crippen LogP contribution < -0.4 is 0 Å². The predicted octanol–water partition coefficient (Wildman–Crippen LogP) is 2.66. The maximum Gasteiger partial charge on any atom is 0.338 e. The van der Waals surface area contributed by atoms with Crippen LogP contribution >= 0.6 is 0 Å². The molecule has 0 saturated heterocycles. The highest BCUT2D eigenvalue weighted by Crippen LogP contribution is 2.19. The molecule has 1 saturated carbocycles. The number of hydrogen-bond donors (Lipinski definition) is 0. The van der Waals surface area contributed by atoms with E-state index in [1.165, 1.54) is 0 Å². The van der Waals surface area contributed by atoms with Gasteiger partial charge in [0.2, 0.25) is 0 Å². The second-order valence-electron chi connectivity index (χ2n) is 4.48. The first kappa shape index (κ1) is 11.8. The molecule has 1 aliphatic rings. The van der Waals surface area contributed by atoms with Crippen LogP contribution in [0.25, 0.3) is 0 Å². The number of esters is 1. The van der Waals surface area contributed by atoms with E-state index in [0.29, 0.717) is 18.4 Å². The molecule has 2 rings (SSSR count). The third kappa shape index (κ3) is 2.93. The number of benzene rings is 1. The Hall–Kier alpha value is -1.64. The fourth-order valence-electron chi connectivity index (χ4n) is 2.04. The van der Waals surface area contributed by atoms with Crippen LogP contribution in [0.1, 0.15) is 41.6 Å². The summed E-state index contributed by atoms with van der Waals surface area (Å²) in [5.41, 5.74) is 1.53. The number of carbonyl (C=O) groups is 2. The maximum atomic E-state index is 11.8. The summed E-state index contributed by atoms with van der Waals surface area (Å²) in [7, 11) is 0. The van der Waals surface area contributed by atoms with Gasteiger partial charge in [-0.1, -0.05) is 17.7 Å². The molecule has 1 aliphatic carbocycles. The van der Waals surface area contributed by atoms with Crippen molar-refractivity contribution < 1.29 is 14.3 Å². The van der Waals surface area contributed by atoms with E-state index in [1.54, 1.807) is 12.1 Å². The van der Waals surface area contributed by atoms with E-state index >= 15 is 0 Å². The molecule has 0 amide bonds. The normalized spacial score (nSPS) is 20.1. The van der Waals surface area contributed by atoms with E-state index in [4.69, 9.17) is 4.74 Å². The molecule has 1 atom stereocenters. The van der Waals surface area contributed by atoms with E-state index in [1.807, 2.05) is 19.1 Å². The molecule has 0 aromatic heterocycles. The molecular weight excluding hydrogens is 216 g/mol. The monoisotopic (exact) mass is 232 g/mol. The average Bonchev–Trinajstić information content (AvgIpc) is 2.32. The van der Waals surface area contributed by atoms with Gasteiger partial charge in [-0.25, -0.2) is 4.79 Å². The second-order valence-corrected chi connectivity index (χ2v) is 4.48. The zero-order valence-electron chi connectivity index (χ0n) is 9.94. The van der Waals surface area contributed by atoms with E-state index in [-0.39, 0.29) is 5.78 Å². The minimum atomic E-state index is -0.531. The number of rotatable bonds is 2. The number of hydrogen-bond acceptors (Lipinski definition) is 3. The maximum absolute atomic E-state index is 11.8. The van der Waals surface area contributed by atoms with Gasteiger partial charge in [0.05, 0.1) is 5.56 Å². The first-order valence-electron chi connectivity index (χ1n) is 5.97. The predicted molar refractivity (Wildman–Crippen MR) is 63.9 cm³/mol. The molecular formula is C14H16O3. The van der Waals surface area contributed by atoms with Crippen molar-refractivity contribution in [1.29, 1.82) is 0 Å². The summed E-state index contributed by atoms with van der Waals surface area (Å²) in [5.74, 6) is -0.341. The van der Waals surface area contributed by atoms with Crippen molar-refractivity contribution in [3.63, 3.8) is 0 Å². The molecule has 0 radical (unpaired) electrons. The molecule has 0 spiro atoms. The number of Topliss-reactive ketones (excluding diaryl/α,β-unsaturated/α-hetero) is 1. The standard InChI is InChI=1S/C14H16O3/c1-10-5-4-6-11(9-10)14(16)17-13-8-3-2-7-12(13)15/h4-6,9,13H,2-3,7-8H2,1H3/t13-/m1/s1. The Morgan fingerprint density at radius 2 is 2.18 bits per heavy atom. The van der Waals surface area contributed by atoms with Crippen molar-refractivity contribution in [2.24, 2.45) is 0 Å². The molecule has 0 unspecified atom stereocenters. The zero-order chi connectivity index (χ0) is 12.3. The fourth-order valence-corrected chi connectivity index (χ4v) is 2.04. The van der Waals surface area contributed by atoms with Crippen molar-refractivity contribution in [2.45, 2.75) is 38.7 Å². The average molecular weight is 232 g/mol. The summed E-state index contributed by atoms with van der Waals surface area (Å²) < 4.78 is 5.26. The van der Waals surface area contributed by atoms with E-state index in [0.717, 1.165) is 18.4 Å². The van der Waals surface area contributed by atoms with Crippen LogP contribution in [-0.2, 0) is 9.53 Å². The van der Waals surface area contributed by atoms with Gasteiger partial charge >= 0.3 is 5.97 Å². The van der Waals surface area contributed by atoms with Crippen LogP contribution in [0.15, 0.2) is 24.3 Å². The quantitative estimate of drug-likeness (QED) is 0.736. The Morgan fingerprint density at radius 3 is 2.88 bits per heavy atom. The van der Waals surface area contributed by atoms with Crippen LogP contribution in [-0.4, -0.2) is 17.9 Å². The first-order chi connectivity index (χ1) is 8.16. The molecule has 0 N–H and O–H groups in total. The van der Waals surface area contributed by atoms with Gasteiger partial charge in [-0.2, -0.15) is 0 Å². The van der Waals surface area contributed by atoms with Gasteiger partial charge in [0.1, 0.15) is 0 Å². The highest BCUT2D eigenvalue weighted by molar-refractivity contribution is 5.93. The minimum absolute atomic E-state index is 0.0530. The summed E-state index contributed by atoms with van der Waals surface area (Å²) >= 11 is 0. The lowest BCUT2D eigenvalue weighted by molar-refractivity contribution is -0.129. The summed E-state index contributed by atoms with van der Waals surface area (Å²) in [6, 6.07) is 7.22. The smallest absolute Gasteiger partial charge is 0.338 e. The molecule has 3 heteroatoms. The minimum Gasteiger partial charge on any atom is -0.451 e. The number of carbonyl (C=O) groups excluding carboxylic acids is 2. The van der Waals surface area contributed by atoms with E-state index in [2.05, 4.69) is 0 Å². The van der Waals surface area contributed by atoms with Crippen molar-refractivity contribution in [3.8, 4) is 0 Å². The van der Waals surface area contributed by atoms with Crippen LogP contribution in [0, 0.1) is 6.92 Å².